The minimum atomic E-state index is -0.220. The molecule has 2 N–H and O–H groups in total. The highest BCUT2D eigenvalue weighted by molar-refractivity contribution is 5.40. The van der Waals surface area contributed by atoms with Crippen molar-refractivity contribution in [3.63, 3.8) is 0 Å². The normalized spacial score (nSPS) is 25.3. The summed E-state index contributed by atoms with van der Waals surface area (Å²) >= 11 is 0. The van der Waals surface area contributed by atoms with Crippen LogP contribution in [0.5, 0.6) is 0 Å². The Morgan fingerprint density at radius 2 is 2.28 bits per heavy atom. The van der Waals surface area contributed by atoms with Crippen molar-refractivity contribution in [2.24, 2.45) is 5.92 Å². The fourth-order valence-corrected chi connectivity index (χ4v) is 2.48. The summed E-state index contributed by atoms with van der Waals surface area (Å²) in [4.78, 5) is 2.24. The molecule has 0 amide bonds. The zero-order valence-corrected chi connectivity index (χ0v) is 11.0. The van der Waals surface area contributed by atoms with E-state index < -0.39 is 0 Å². The number of hydrogen-bond acceptors (Lipinski definition) is 3. The maximum Gasteiger partial charge on any atom is 0.129 e. The highest BCUT2D eigenvalue weighted by atomic mass is 19.1. The third-order valence-corrected chi connectivity index (χ3v) is 3.75. The molecule has 1 heterocycles. The Morgan fingerprint density at radius 3 is 2.94 bits per heavy atom. The molecule has 0 aromatic heterocycles. The molecular formula is C14H21FN2O. The topological polar surface area (TPSA) is 38.5 Å². The number of nitrogens with zero attached hydrogens (tertiary/aromatic N) is 1. The minimum absolute atomic E-state index is 0.220. The van der Waals surface area contributed by atoms with Crippen LogP contribution in [-0.4, -0.2) is 31.2 Å². The Morgan fingerprint density at radius 1 is 1.50 bits per heavy atom. The number of methoxy groups -OCH3 is 1. The number of anilines is 1. The fraction of sp³-hybridized carbons (Fsp3) is 0.571. The third-order valence-electron chi connectivity index (χ3n) is 3.75. The summed E-state index contributed by atoms with van der Waals surface area (Å²) in [7, 11) is 1.74. The Hall–Kier alpha value is -1.13. The third kappa shape index (κ3) is 3.00. The second-order valence-electron chi connectivity index (χ2n) is 5.13. The first kappa shape index (κ1) is 13.3. The SMILES string of the molecule is COC1CN(Cc2ccc(N)cc2F)CCC1C. The van der Waals surface area contributed by atoms with Crippen molar-refractivity contribution in [1.29, 1.82) is 0 Å². The molecule has 3 nitrogen and oxygen atoms in total. The second-order valence-corrected chi connectivity index (χ2v) is 5.13. The van der Waals surface area contributed by atoms with Gasteiger partial charge in [-0.15, -0.1) is 0 Å². The second kappa shape index (κ2) is 5.67. The number of nitrogens with two attached hydrogens (primary N) is 1. The average Bonchev–Trinajstić information content (AvgIpc) is 2.35. The van der Waals surface area contributed by atoms with Crippen LogP contribution >= 0.6 is 0 Å². The van der Waals surface area contributed by atoms with Crippen molar-refractivity contribution < 1.29 is 9.13 Å². The monoisotopic (exact) mass is 252 g/mol. The lowest BCUT2D eigenvalue weighted by atomic mass is 9.95. The van der Waals surface area contributed by atoms with Gasteiger partial charge in [0.05, 0.1) is 6.10 Å². The van der Waals surface area contributed by atoms with E-state index in [1.165, 1.54) is 6.07 Å². The van der Waals surface area contributed by atoms with E-state index in [9.17, 15) is 4.39 Å². The predicted molar refractivity (Wildman–Crippen MR) is 70.7 cm³/mol. The van der Waals surface area contributed by atoms with Gasteiger partial charge in [0.25, 0.3) is 0 Å². The van der Waals surface area contributed by atoms with Crippen LogP contribution < -0.4 is 5.73 Å². The van der Waals surface area contributed by atoms with E-state index >= 15 is 0 Å². The van der Waals surface area contributed by atoms with Crippen molar-refractivity contribution in [3.05, 3.63) is 29.6 Å². The maximum atomic E-state index is 13.7. The Balaban J connectivity index is 2.01. The van der Waals surface area contributed by atoms with Crippen LogP contribution in [0.4, 0.5) is 10.1 Å². The maximum absolute atomic E-state index is 13.7. The van der Waals surface area contributed by atoms with E-state index in [0.717, 1.165) is 19.5 Å². The van der Waals surface area contributed by atoms with Gasteiger partial charge in [-0.05, 0) is 31.0 Å². The molecule has 2 unspecified atom stereocenters. The number of rotatable bonds is 3. The first-order valence-corrected chi connectivity index (χ1v) is 6.39. The zero-order valence-electron chi connectivity index (χ0n) is 11.0. The van der Waals surface area contributed by atoms with Crippen LogP contribution in [0.1, 0.15) is 18.9 Å². The number of likely N-dealkylation sites (tertiary alicyclic amines) is 1. The van der Waals surface area contributed by atoms with Crippen molar-refractivity contribution >= 4 is 5.69 Å². The molecule has 1 aliphatic heterocycles. The highest BCUT2D eigenvalue weighted by Gasteiger charge is 2.26. The molecule has 4 heteroatoms. The van der Waals surface area contributed by atoms with Gasteiger partial charge in [-0.25, -0.2) is 4.39 Å². The lowest BCUT2D eigenvalue weighted by Gasteiger charge is -2.36. The molecule has 2 rings (SSSR count). The quantitative estimate of drug-likeness (QED) is 0.839. The number of piperidine rings is 1. The van der Waals surface area contributed by atoms with Crippen molar-refractivity contribution in [3.8, 4) is 0 Å². The van der Waals surface area contributed by atoms with Crippen LogP contribution in [0.3, 0.4) is 0 Å². The standard InChI is InChI=1S/C14H21FN2O/c1-10-5-6-17(9-14(10)18-2)8-11-3-4-12(16)7-13(11)15/h3-4,7,10,14H,5-6,8-9,16H2,1-2H3. The summed E-state index contributed by atoms with van der Waals surface area (Å²) < 4.78 is 19.2. The molecule has 18 heavy (non-hydrogen) atoms. The highest BCUT2D eigenvalue weighted by Crippen LogP contribution is 2.22. The van der Waals surface area contributed by atoms with Crippen LogP contribution in [0.2, 0.25) is 0 Å². The number of nitrogen functional groups attached to an aromatic ring is 1. The smallest absolute Gasteiger partial charge is 0.129 e. The van der Waals surface area contributed by atoms with E-state index in [1.807, 2.05) is 0 Å². The fourth-order valence-electron chi connectivity index (χ4n) is 2.48. The van der Waals surface area contributed by atoms with Crippen LogP contribution in [-0.2, 0) is 11.3 Å². The van der Waals surface area contributed by atoms with Gasteiger partial charge in [-0.1, -0.05) is 13.0 Å². The van der Waals surface area contributed by atoms with Gasteiger partial charge >= 0.3 is 0 Å². The summed E-state index contributed by atoms with van der Waals surface area (Å²) in [5, 5.41) is 0. The molecule has 1 aromatic rings. The van der Waals surface area contributed by atoms with E-state index in [2.05, 4.69) is 11.8 Å². The Kier molecular flexibility index (Phi) is 4.19. The number of ether oxygens (including phenoxy) is 1. The first-order chi connectivity index (χ1) is 8.60. The molecule has 0 bridgehead atoms. The zero-order chi connectivity index (χ0) is 13.1. The molecule has 0 spiro atoms. The lowest BCUT2D eigenvalue weighted by Crippen LogP contribution is -2.43. The number of hydrogen-bond donors (Lipinski definition) is 1. The number of benzene rings is 1. The minimum Gasteiger partial charge on any atom is -0.399 e. The summed E-state index contributed by atoms with van der Waals surface area (Å²) in [6.07, 6.45) is 1.34. The molecule has 1 aliphatic rings. The van der Waals surface area contributed by atoms with Gasteiger partial charge in [0.2, 0.25) is 0 Å². The van der Waals surface area contributed by atoms with E-state index in [1.54, 1.807) is 19.2 Å². The van der Waals surface area contributed by atoms with Gasteiger partial charge in [0, 0.05) is 31.5 Å². The molecule has 100 valence electrons. The van der Waals surface area contributed by atoms with Crippen molar-refractivity contribution in [2.75, 3.05) is 25.9 Å². The summed E-state index contributed by atoms with van der Waals surface area (Å²) in [5.74, 6) is 0.352. The molecule has 0 radical (unpaired) electrons. The van der Waals surface area contributed by atoms with E-state index in [4.69, 9.17) is 10.5 Å². The van der Waals surface area contributed by atoms with Gasteiger partial charge < -0.3 is 10.5 Å². The van der Waals surface area contributed by atoms with Crippen LogP contribution in [0.25, 0.3) is 0 Å². The summed E-state index contributed by atoms with van der Waals surface area (Å²) in [6, 6.07) is 4.90. The molecular weight excluding hydrogens is 231 g/mol. The first-order valence-electron chi connectivity index (χ1n) is 6.39. The van der Waals surface area contributed by atoms with Crippen molar-refractivity contribution in [2.45, 2.75) is 26.0 Å². The molecule has 0 aliphatic carbocycles. The molecule has 1 fully saturated rings. The van der Waals surface area contributed by atoms with Crippen LogP contribution in [0.15, 0.2) is 18.2 Å². The van der Waals surface area contributed by atoms with E-state index in [0.29, 0.717) is 23.7 Å². The molecule has 2 atom stereocenters. The molecule has 0 saturated carbocycles. The summed E-state index contributed by atoms with van der Waals surface area (Å²) in [5.41, 5.74) is 6.72. The number of halogens is 1. The van der Waals surface area contributed by atoms with Gasteiger partial charge in [-0.3, -0.25) is 4.90 Å². The van der Waals surface area contributed by atoms with Gasteiger partial charge in [0.15, 0.2) is 0 Å². The molecule has 1 aromatic carbocycles. The largest absolute Gasteiger partial charge is 0.399 e. The summed E-state index contributed by atoms with van der Waals surface area (Å²) in [6.45, 7) is 4.68. The average molecular weight is 252 g/mol. The van der Waals surface area contributed by atoms with Gasteiger partial charge in [0.1, 0.15) is 5.82 Å². The molecule has 1 saturated heterocycles. The van der Waals surface area contributed by atoms with Gasteiger partial charge in [-0.2, -0.15) is 0 Å². The predicted octanol–water partition coefficient (Wildman–Crippen LogP) is 2.26. The Labute approximate surface area is 108 Å². The lowest BCUT2D eigenvalue weighted by molar-refractivity contribution is -0.00772. The Bertz CT molecular complexity index is 411. The van der Waals surface area contributed by atoms with E-state index in [-0.39, 0.29) is 11.9 Å². The van der Waals surface area contributed by atoms with Crippen molar-refractivity contribution in [1.82, 2.24) is 4.90 Å². The van der Waals surface area contributed by atoms with Crippen LogP contribution in [0, 0.1) is 11.7 Å².